The Kier molecular flexibility index (Phi) is 7.54. The van der Waals surface area contributed by atoms with E-state index in [-0.39, 0.29) is 24.0 Å². The van der Waals surface area contributed by atoms with E-state index in [1.165, 1.54) is 4.90 Å². The fourth-order valence-electron chi connectivity index (χ4n) is 2.10. The van der Waals surface area contributed by atoms with E-state index < -0.39 is 6.09 Å². The molecule has 0 aromatic rings. The van der Waals surface area contributed by atoms with E-state index in [2.05, 4.69) is 13.5 Å². The summed E-state index contributed by atoms with van der Waals surface area (Å²) in [5, 5.41) is 0. The van der Waals surface area contributed by atoms with E-state index in [0.29, 0.717) is 5.57 Å². The molecule has 0 aliphatic heterocycles. The number of nitrogens with zero attached hydrogens (tertiary/aromatic N) is 1. The zero-order valence-corrected chi connectivity index (χ0v) is 13.8. The molecular weight excluding hydrogens is 254 g/mol. The van der Waals surface area contributed by atoms with Gasteiger partial charge < -0.3 is 4.74 Å². The maximum Gasteiger partial charge on any atom is 0.417 e. The van der Waals surface area contributed by atoms with Crippen LogP contribution < -0.4 is 0 Å². The van der Waals surface area contributed by atoms with E-state index in [1.54, 1.807) is 13.8 Å². The van der Waals surface area contributed by atoms with Gasteiger partial charge in [-0.15, -0.1) is 0 Å². The molecule has 0 aliphatic rings. The number of hydrogen-bond donors (Lipinski definition) is 0. The van der Waals surface area contributed by atoms with E-state index in [4.69, 9.17) is 4.74 Å². The van der Waals surface area contributed by atoms with Crippen molar-refractivity contribution >= 4 is 12.0 Å². The van der Waals surface area contributed by atoms with Crippen molar-refractivity contribution in [3.8, 4) is 0 Å². The Balaban J connectivity index is 5.45. The van der Waals surface area contributed by atoms with Gasteiger partial charge in [0.25, 0.3) is 5.91 Å². The second kappa shape index (κ2) is 8.08. The monoisotopic (exact) mass is 283 g/mol. The average molecular weight is 283 g/mol. The van der Waals surface area contributed by atoms with Crippen molar-refractivity contribution in [1.82, 2.24) is 4.90 Å². The molecule has 1 atom stereocenters. The van der Waals surface area contributed by atoms with E-state index in [1.807, 2.05) is 20.8 Å². The molecule has 1 unspecified atom stereocenters. The first-order valence-electron chi connectivity index (χ1n) is 7.32. The highest BCUT2D eigenvalue weighted by atomic mass is 16.6. The SMILES string of the molecule is C=C(C)C(=O)N(C(=O)OCC)C(CCCC)C(C)(C)C. The number of amides is 2. The van der Waals surface area contributed by atoms with Crippen molar-refractivity contribution in [3.63, 3.8) is 0 Å². The summed E-state index contributed by atoms with van der Waals surface area (Å²) in [5.41, 5.74) is 0.149. The minimum absolute atomic E-state index is 0.189. The lowest BCUT2D eigenvalue weighted by Crippen LogP contribution is -2.51. The Bertz CT molecular complexity index is 355. The van der Waals surface area contributed by atoms with Crippen molar-refractivity contribution in [2.45, 2.75) is 66.8 Å². The third-order valence-corrected chi connectivity index (χ3v) is 3.19. The van der Waals surface area contributed by atoms with Crippen LogP contribution in [0.2, 0.25) is 0 Å². The van der Waals surface area contributed by atoms with Crippen molar-refractivity contribution in [3.05, 3.63) is 12.2 Å². The molecule has 0 aromatic carbocycles. The lowest BCUT2D eigenvalue weighted by Gasteiger charge is -2.38. The van der Waals surface area contributed by atoms with Gasteiger partial charge in [-0.3, -0.25) is 4.79 Å². The molecule has 0 bridgehead atoms. The Hall–Kier alpha value is -1.32. The van der Waals surface area contributed by atoms with Gasteiger partial charge in [0.05, 0.1) is 6.61 Å². The van der Waals surface area contributed by atoms with Crippen LogP contribution in [0.5, 0.6) is 0 Å². The smallest absolute Gasteiger partial charge is 0.417 e. The quantitative estimate of drug-likeness (QED) is 0.688. The molecule has 4 nitrogen and oxygen atoms in total. The fourth-order valence-corrected chi connectivity index (χ4v) is 2.10. The van der Waals surface area contributed by atoms with E-state index in [0.717, 1.165) is 19.3 Å². The Morgan fingerprint density at radius 3 is 2.15 bits per heavy atom. The molecular formula is C16H29NO3. The van der Waals surface area contributed by atoms with Gasteiger partial charge in [0.2, 0.25) is 0 Å². The van der Waals surface area contributed by atoms with Crippen LogP contribution in [0.4, 0.5) is 4.79 Å². The van der Waals surface area contributed by atoms with Crippen LogP contribution in [0.1, 0.15) is 60.8 Å². The van der Waals surface area contributed by atoms with Gasteiger partial charge in [-0.1, -0.05) is 47.1 Å². The summed E-state index contributed by atoms with van der Waals surface area (Å²) in [5.74, 6) is -0.348. The van der Waals surface area contributed by atoms with Gasteiger partial charge in [0, 0.05) is 11.6 Å². The second-order valence-corrected chi connectivity index (χ2v) is 6.18. The molecule has 2 amide bonds. The van der Waals surface area contributed by atoms with Crippen LogP contribution in [0, 0.1) is 5.41 Å². The Morgan fingerprint density at radius 1 is 1.25 bits per heavy atom. The standard InChI is InChI=1S/C16H29NO3/c1-8-10-11-13(16(5,6)7)17(14(18)12(3)4)15(19)20-9-2/h13H,3,8-11H2,1-2,4-7H3. The first-order chi connectivity index (χ1) is 9.16. The molecule has 0 aromatic heterocycles. The van der Waals surface area contributed by atoms with Gasteiger partial charge in [0.1, 0.15) is 0 Å². The third-order valence-electron chi connectivity index (χ3n) is 3.19. The maximum absolute atomic E-state index is 12.3. The molecule has 0 spiro atoms. The van der Waals surface area contributed by atoms with Gasteiger partial charge in [-0.2, -0.15) is 0 Å². The summed E-state index contributed by atoms with van der Waals surface area (Å²) in [6, 6.07) is -0.189. The van der Waals surface area contributed by atoms with Gasteiger partial charge in [-0.05, 0) is 25.7 Å². The fraction of sp³-hybridized carbons (Fsp3) is 0.750. The van der Waals surface area contributed by atoms with Crippen LogP contribution in [0.3, 0.4) is 0 Å². The molecule has 0 aliphatic carbocycles. The van der Waals surface area contributed by atoms with Gasteiger partial charge >= 0.3 is 6.09 Å². The first-order valence-corrected chi connectivity index (χ1v) is 7.32. The molecule has 0 rings (SSSR count). The third kappa shape index (κ3) is 5.35. The van der Waals surface area contributed by atoms with Gasteiger partial charge in [-0.25, -0.2) is 9.69 Å². The average Bonchev–Trinajstić information content (AvgIpc) is 2.32. The molecule has 0 fully saturated rings. The highest BCUT2D eigenvalue weighted by Gasteiger charge is 2.37. The van der Waals surface area contributed by atoms with E-state index >= 15 is 0 Å². The minimum atomic E-state index is -0.573. The molecule has 0 radical (unpaired) electrons. The summed E-state index contributed by atoms with van der Waals surface area (Å²) in [6.07, 6.45) is 2.18. The summed E-state index contributed by atoms with van der Waals surface area (Å²) in [6.45, 7) is 15.5. The number of rotatable bonds is 6. The molecule has 0 saturated carbocycles. The Labute approximate surface area is 123 Å². The molecule has 0 heterocycles. The number of hydrogen-bond acceptors (Lipinski definition) is 3. The Morgan fingerprint density at radius 2 is 1.80 bits per heavy atom. The lowest BCUT2D eigenvalue weighted by molar-refractivity contribution is -0.129. The lowest BCUT2D eigenvalue weighted by atomic mass is 9.82. The molecule has 20 heavy (non-hydrogen) atoms. The topological polar surface area (TPSA) is 46.6 Å². The molecule has 4 heteroatoms. The number of carbonyl (C=O) groups excluding carboxylic acids is 2. The van der Waals surface area contributed by atoms with Crippen molar-refractivity contribution in [2.75, 3.05) is 6.61 Å². The first kappa shape index (κ1) is 18.7. The summed E-state index contributed by atoms with van der Waals surface area (Å²) < 4.78 is 5.06. The van der Waals surface area contributed by atoms with Crippen LogP contribution in [-0.2, 0) is 9.53 Å². The van der Waals surface area contributed by atoms with Crippen molar-refractivity contribution in [2.24, 2.45) is 5.41 Å². The number of imide groups is 1. The van der Waals surface area contributed by atoms with Crippen LogP contribution >= 0.6 is 0 Å². The van der Waals surface area contributed by atoms with Crippen LogP contribution in [-0.4, -0.2) is 29.5 Å². The maximum atomic E-state index is 12.3. The largest absolute Gasteiger partial charge is 0.449 e. The summed E-state index contributed by atoms with van der Waals surface area (Å²) in [4.78, 5) is 25.8. The molecule has 0 saturated heterocycles. The van der Waals surface area contributed by atoms with Gasteiger partial charge in [0.15, 0.2) is 0 Å². The highest BCUT2D eigenvalue weighted by Crippen LogP contribution is 2.30. The summed E-state index contributed by atoms with van der Waals surface area (Å²) >= 11 is 0. The number of carbonyl (C=O) groups is 2. The van der Waals surface area contributed by atoms with Crippen LogP contribution in [0.15, 0.2) is 12.2 Å². The predicted molar refractivity (Wildman–Crippen MR) is 81.5 cm³/mol. The summed E-state index contributed by atoms with van der Waals surface area (Å²) in [7, 11) is 0. The van der Waals surface area contributed by atoms with Crippen molar-refractivity contribution < 1.29 is 14.3 Å². The normalized spacial score (nSPS) is 12.7. The minimum Gasteiger partial charge on any atom is -0.449 e. The van der Waals surface area contributed by atoms with Crippen LogP contribution in [0.25, 0.3) is 0 Å². The molecule has 116 valence electrons. The zero-order chi connectivity index (χ0) is 15.9. The zero-order valence-electron chi connectivity index (χ0n) is 13.8. The highest BCUT2D eigenvalue weighted by molar-refractivity contribution is 6.02. The van der Waals surface area contributed by atoms with Crippen molar-refractivity contribution in [1.29, 1.82) is 0 Å². The number of unbranched alkanes of at least 4 members (excludes halogenated alkanes) is 1. The molecule has 0 N–H and O–H groups in total. The second-order valence-electron chi connectivity index (χ2n) is 6.18. The number of ether oxygens (including phenoxy) is 1. The predicted octanol–water partition coefficient (Wildman–Crippen LogP) is 4.15. The van der Waals surface area contributed by atoms with E-state index in [9.17, 15) is 9.59 Å².